The lowest BCUT2D eigenvalue weighted by Crippen LogP contribution is -2.44. The second-order valence-electron chi connectivity index (χ2n) is 8.11. The summed E-state index contributed by atoms with van der Waals surface area (Å²) in [6, 6.07) is 9.95. The molecule has 3 rings (SSSR count). The van der Waals surface area contributed by atoms with Crippen molar-refractivity contribution in [2.45, 2.75) is 45.2 Å². The lowest BCUT2D eigenvalue weighted by atomic mass is 9.96. The largest absolute Gasteiger partial charge is 0.361 e. The van der Waals surface area contributed by atoms with Crippen LogP contribution in [0.3, 0.4) is 0 Å². The summed E-state index contributed by atoms with van der Waals surface area (Å²) in [6.07, 6.45) is 2.01. The molecule has 2 N–H and O–H groups in total. The Kier molecular flexibility index (Phi) is 7.60. The third-order valence-electron chi connectivity index (χ3n) is 5.55. The topological polar surface area (TPSA) is 128 Å². The van der Waals surface area contributed by atoms with Gasteiger partial charge in [-0.1, -0.05) is 11.6 Å². The first kappa shape index (κ1) is 23.0. The van der Waals surface area contributed by atoms with E-state index in [0.717, 1.165) is 0 Å². The van der Waals surface area contributed by atoms with E-state index in [1.54, 1.807) is 49.2 Å². The van der Waals surface area contributed by atoms with Gasteiger partial charge in [-0.25, -0.2) is 0 Å². The predicted octanol–water partition coefficient (Wildman–Crippen LogP) is 1.92. The second kappa shape index (κ2) is 10.6. The summed E-state index contributed by atoms with van der Waals surface area (Å²) in [6.45, 7) is 2.40. The molecule has 1 aliphatic rings. The molecule has 2 unspecified atom stereocenters. The van der Waals surface area contributed by atoms with Crippen LogP contribution in [0.4, 0.5) is 0 Å². The van der Waals surface area contributed by atoms with Gasteiger partial charge in [-0.15, -0.1) is 0 Å². The van der Waals surface area contributed by atoms with Crippen molar-refractivity contribution >= 4 is 17.7 Å². The van der Waals surface area contributed by atoms with E-state index >= 15 is 0 Å². The Morgan fingerprint density at radius 1 is 1.28 bits per heavy atom. The molecule has 0 radical (unpaired) electrons. The highest BCUT2D eigenvalue weighted by Gasteiger charge is 2.28. The van der Waals surface area contributed by atoms with Crippen molar-refractivity contribution in [3.63, 3.8) is 0 Å². The minimum absolute atomic E-state index is 0.121. The van der Waals surface area contributed by atoms with Crippen LogP contribution in [0.2, 0.25) is 0 Å². The maximum atomic E-state index is 12.7. The highest BCUT2D eigenvalue weighted by molar-refractivity contribution is 5.94. The van der Waals surface area contributed by atoms with Gasteiger partial charge in [0, 0.05) is 43.6 Å². The average Bonchev–Trinajstić information content (AvgIpc) is 3.22. The van der Waals surface area contributed by atoms with Gasteiger partial charge in [-0.2, -0.15) is 5.26 Å². The molecular formula is C23H27N5O4. The molecule has 0 bridgehead atoms. The average molecular weight is 438 g/mol. The van der Waals surface area contributed by atoms with Gasteiger partial charge in [0.15, 0.2) is 0 Å². The Hall–Kier alpha value is -3.67. The fourth-order valence-electron chi connectivity index (χ4n) is 3.73. The summed E-state index contributed by atoms with van der Waals surface area (Å²) < 4.78 is 5.00. The first-order valence-corrected chi connectivity index (χ1v) is 10.6. The number of carbonyl (C=O) groups excluding carboxylic acids is 3. The highest BCUT2D eigenvalue weighted by atomic mass is 16.5. The summed E-state index contributed by atoms with van der Waals surface area (Å²) in [4.78, 5) is 39.5. The maximum absolute atomic E-state index is 12.7. The number of likely N-dealkylation sites (N-methyl/N-ethyl adjacent to an activating group) is 1. The van der Waals surface area contributed by atoms with E-state index in [1.165, 1.54) is 0 Å². The Morgan fingerprint density at radius 3 is 2.69 bits per heavy atom. The minimum Gasteiger partial charge on any atom is -0.361 e. The number of benzene rings is 1. The Morgan fingerprint density at radius 2 is 2.03 bits per heavy atom. The highest BCUT2D eigenvalue weighted by Crippen LogP contribution is 2.19. The quantitative estimate of drug-likeness (QED) is 0.735. The van der Waals surface area contributed by atoms with Crippen LogP contribution in [0.25, 0.3) is 0 Å². The third kappa shape index (κ3) is 6.17. The zero-order chi connectivity index (χ0) is 23.1. The van der Waals surface area contributed by atoms with E-state index in [9.17, 15) is 14.4 Å². The molecule has 2 aromatic rings. The molecular weight excluding hydrogens is 410 g/mol. The van der Waals surface area contributed by atoms with Gasteiger partial charge >= 0.3 is 0 Å². The normalized spacial score (nSPS) is 19.3. The van der Waals surface area contributed by atoms with Gasteiger partial charge in [0.2, 0.25) is 11.8 Å². The van der Waals surface area contributed by atoms with Gasteiger partial charge in [0.1, 0.15) is 11.5 Å². The second-order valence-corrected chi connectivity index (χ2v) is 8.11. The molecule has 1 aromatic heterocycles. The van der Waals surface area contributed by atoms with Gasteiger partial charge in [0.25, 0.3) is 5.91 Å². The molecule has 1 fully saturated rings. The van der Waals surface area contributed by atoms with Crippen molar-refractivity contribution in [2.24, 2.45) is 5.92 Å². The lowest BCUT2D eigenvalue weighted by molar-refractivity contribution is -0.135. The van der Waals surface area contributed by atoms with Crippen molar-refractivity contribution in [3.05, 3.63) is 52.9 Å². The van der Waals surface area contributed by atoms with E-state index in [-0.39, 0.29) is 36.7 Å². The minimum atomic E-state index is -0.439. The van der Waals surface area contributed by atoms with Gasteiger partial charge < -0.3 is 20.1 Å². The summed E-state index contributed by atoms with van der Waals surface area (Å²) in [5.41, 5.74) is 1.57. The van der Waals surface area contributed by atoms with Crippen LogP contribution >= 0.6 is 0 Å². The van der Waals surface area contributed by atoms with Crippen molar-refractivity contribution in [1.29, 1.82) is 5.26 Å². The van der Waals surface area contributed by atoms with E-state index in [1.807, 2.05) is 6.07 Å². The summed E-state index contributed by atoms with van der Waals surface area (Å²) in [5.74, 6) is -0.347. The van der Waals surface area contributed by atoms with Crippen LogP contribution in [-0.4, -0.2) is 47.4 Å². The number of hydrogen-bond acceptors (Lipinski definition) is 6. The van der Waals surface area contributed by atoms with E-state index < -0.39 is 5.92 Å². The van der Waals surface area contributed by atoms with Crippen LogP contribution < -0.4 is 10.6 Å². The van der Waals surface area contributed by atoms with Crippen molar-refractivity contribution in [2.75, 3.05) is 13.6 Å². The fourth-order valence-corrected chi connectivity index (χ4v) is 3.73. The van der Waals surface area contributed by atoms with Crippen molar-refractivity contribution in [1.82, 2.24) is 20.7 Å². The number of nitrogens with one attached hydrogen (secondary N) is 2. The smallest absolute Gasteiger partial charge is 0.251 e. The number of hydrogen-bond donors (Lipinski definition) is 2. The number of aryl methyl sites for hydroxylation is 1. The van der Waals surface area contributed by atoms with Crippen molar-refractivity contribution < 1.29 is 18.9 Å². The molecule has 1 aromatic carbocycles. The Labute approximate surface area is 186 Å². The van der Waals surface area contributed by atoms with E-state index in [2.05, 4.69) is 15.8 Å². The number of rotatable bonds is 5. The van der Waals surface area contributed by atoms with Gasteiger partial charge in [-0.05, 0) is 44.0 Å². The van der Waals surface area contributed by atoms with Crippen LogP contribution in [0.1, 0.15) is 53.1 Å². The molecule has 32 heavy (non-hydrogen) atoms. The van der Waals surface area contributed by atoms with Crippen LogP contribution in [0.5, 0.6) is 0 Å². The van der Waals surface area contributed by atoms with Crippen LogP contribution in [-0.2, 0) is 16.1 Å². The van der Waals surface area contributed by atoms with E-state index in [0.29, 0.717) is 48.4 Å². The monoisotopic (exact) mass is 437 g/mol. The molecule has 9 nitrogen and oxygen atoms in total. The number of nitriles is 1. The first-order chi connectivity index (χ1) is 15.4. The maximum Gasteiger partial charge on any atom is 0.251 e. The molecule has 1 saturated heterocycles. The van der Waals surface area contributed by atoms with E-state index in [4.69, 9.17) is 9.78 Å². The Balaban J connectivity index is 1.58. The van der Waals surface area contributed by atoms with Crippen LogP contribution in [0, 0.1) is 24.2 Å². The lowest BCUT2D eigenvalue weighted by Gasteiger charge is -2.24. The Bertz CT molecular complexity index is 1010. The molecule has 9 heteroatoms. The fraction of sp³-hybridized carbons (Fsp3) is 0.435. The molecule has 2 atom stereocenters. The summed E-state index contributed by atoms with van der Waals surface area (Å²) >= 11 is 0. The predicted molar refractivity (Wildman–Crippen MR) is 115 cm³/mol. The molecule has 0 saturated carbocycles. The van der Waals surface area contributed by atoms with Crippen LogP contribution in [0.15, 0.2) is 34.9 Å². The summed E-state index contributed by atoms with van der Waals surface area (Å²) in [5, 5.41) is 18.6. The zero-order valence-electron chi connectivity index (χ0n) is 18.3. The zero-order valence-corrected chi connectivity index (χ0v) is 18.3. The standard InChI is InChI=1S/C23H27N5O4/c1-15-10-20(27-32-15)13-25-22(30)18-4-3-5-19(14-28(2)21(29)11-18)26-23(31)17-8-6-16(12-24)7-9-17/h6-10,18-19H,3-5,11,13-14H2,1-2H3,(H,25,30)(H,26,31). The number of amides is 3. The molecule has 0 aliphatic carbocycles. The number of aromatic nitrogens is 1. The third-order valence-corrected chi connectivity index (χ3v) is 5.55. The molecule has 3 amide bonds. The molecule has 1 aliphatic heterocycles. The first-order valence-electron chi connectivity index (χ1n) is 10.6. The van der Waals surface area contributed by atoms with Crippen molar-refractivity contribution in [3.8, 4) is 6.07 Å². The molecule has 2 heterocycles. The SMILES string of the molecule is Cc1cc(CNC(=O)C2CCCC(NC(=O)c3ccc(C#N)cc3)CN(C)C(=O)C2)no1. The number of nitrogens with zero attached hydrogens (tertiary/aromatic N) is 3. The molecule has 168 valence electrons. The molecule has 0 spiro atoms. The number of carbonyl (C=O) groups is 3. The van der Waals surface area contributed by atoms with Gasteiger partial charge in [-0.3, -0.25) is 14.4 Å². The summed E-state index contributed by atoms with van der Waals surface area (Å²) in [7, 11) is 1.68. The van der Waals surface area contributed by atoms with Gasteiger partial charge in [0.05, 0.1) is 18.2 Å².